The zero-order valence-corrected chi connectivity index (χ0v) is 16.1. The highest BCUT2D eigenvalue weighted by Crippen LogP contribution is 2.23. The molecule has 0 bridgehead atoms. The molecule has 144 valence electrons. The lowest BCUT2D eigenvalue weighted by Gasteiger charge is -2.37. The molecular formula is C19H30N4O3. The van der Waals surface area contributed by atoms with Crippen LogP contribution in [0.1, 0.15) is 20.8 Å². The molecule has 1 aromatic carbocycles. The number of anilines is 1. The predicted molar refractivity (Wildman–Crippen MR) is 102 cm³/mol. The van der Waals surface area contributed by atoms with Gasteiger partial charge in [0.15, 0.2) is 0 Å². The number of hydrogen-bond donors (Lipinski definition) is 2. The number of nitrogens with zero attached hydrogens (tertiary/aromatic N) is 2. The number of carbonyl (C=O) groups excluding carboxylic acids is 2. The Kier molecular flexibility index (Phi) is 7.41. The van der Waals surface area contributed by atoms with E-state index in [-0.39, 0.29) is 23.9 Å². The van der Waals surface area contributed by atoms with E-state index in [0.29, 0.717) is 18.0 Å². The second-order valence-electron chi connectivity index (χ2n) is 6.90. The summed E-state index contributed by atoms with van der Waals surface area (Å²) in [5.41, 5.74) is 0.677. The number of nitrogens with one attached hydrogen (secondary N) is 2. The Hall–Kier alpha value is -2.12. The molecule has 1 atom stereocenters. The summed E-state index contributed by atoms with van der Waals surface area (Å²) in [5, 5.41) is 5.85. The number of hydrogen-bond acceptors (Lipinski definition) is 5. The molecule has 1 fully saturated rings. The highest BCUT2D eigenvalue weighted by molar-refractivity contribution is 5.95. The topological polar surface area (TPSA) is 73.9 Å². The highest BCUT2D eigenvalue weighted by Gasteiger charge is 2.26. The maximum atomic E-state index is 12.6. The second kappa shape index (κ2) is 9.54. The summed E-state index contributed by atoms with van der Waals surface area (Å²) in [6, 6.07) is 7.29. The van der Waals surface area contributed by atoms with Crippen LogP contribution in [0.4, 0.5) is 5.69 Å². The highest BCUT2D eigenvalue weighted by atomic mass is 16.5. The molecule has 2 N–H and O–H groups in total. The van der Waals surface area contributed by atoms with E-state index >= 15 is 0 Å². The van der Waals surface area contributed by atoms with Crippen LogP contribution >= 0.6 is 0 Å². The Morgan fingerprint density at radius 2 is 1.77 bits per heavy atom. The van der Waals surface area contributed by atoms with E-state index in [2.05, 4.69) is 20.4 Å². The van der Waals surface area contributed by atoms with Gasteiger partial charge in [0, 0.05) is 32.2 Å². The standard InChI is InChI=1S/C19H30N4O3/c1-14(2)20-18(24)13-22-9-11-23(12-10-22)15(3)19(25)21-16-7-5-6-8-17(16)26-4/h5-8,14-15H,9-13H2,1-4H3,(H,20,24)(H,21,25)/t15-/m1/s1. The number of benzene rings is 1. The Balaban J connectivity index is 1.83. The summed E-state index contributed by atoms with van der Waals surface area (Å²) in [6.45, 7) is 9.30. The summed E-state index contributed by atoms with van der Waals surface area (Å²) in [6.07, 6.45) is 0. The predicted octanol–water partition coefficient (Wildman–Crippen LogP) is 1.16. The van der Waals surface area contributed by atoms with Crippen LogP contribution in [0.25, 0.3) is 0 Å². The molecule has 0 saturated carbocycles. The molecule has 0 aliphatic carbocycles. The molecule has 1 aromatic rings. The van der Waals surface area contributed by atoms with Crippen LogP contribution in [0.2, 0.25) is 0 Å². The van der Waals surface area contributed by atoms with Crippen LogP contribution in [0.5, 0.6) is 5.75 Å². The van der Waals surface area contributed by atoms with Crippen LogP contribution in [0.15, 0.2) is 24.3 Å². The van der Waals surface area contributed by atoms with E-state index in [1.54, 1.807) is 7.11 Å². The first-order valence-electron chi connectivity index (χ1n) is 9.10. The molecule has 2 rings (SSSR count). The third kappa shape index (κ3) is 5.71. The summed E-state index contributed by atoms with van der Waals surface area (Å²) in [7, 11) is 1.59. The number of piperazine rings is 1. The van der Waals surface area contributed by atoms with Crippen LogP contribution in [-0.4, -0.2) is 73.5 Å². The van der Waals surface area contributed by atoms with Crippen molar-refractivity contribution in [3.05, 3.63) is 24.3 Å². The third-order valence-electron chi connectivity index (χ3n) is 4.52. The van der Waals surface area contributed by atoms with Gasteiger partial charge in [-0.15, -0.1) is 0 Å². The first kappa shape index (κ1) is 20.2. The van der Waals surface area contributed by atoms with Crippen molar-refractivity contribution in [2.45, 2.75) is 32.9 Å². The van der Waals surface area contributed by atoms with Crippen LogP contribution in [0.3, 0.4) is 0 Å². The molecule has 7 heteroatoms. The maximum Gasteiger partial charge on any atom is 0.241 e. The number of para-hydroxylation sites is 2. The van der Waals surface area contributed by atoms with Gasteiger partial charge in [-0.1, -0.05) is 12.1 Å². The molecule has 0 unspecified atom stereocenters. The van der Waals surface area contributed by atoms with Gasteiger partial charge in [0.05, 0.1) is 25.4 Å². The molecule has 0 aromatic heterocycles. The van der Waals surface area contributed by atoms with Gasteiger partial charge in [0.2, 0.25) is 11.8 Å². The first-order valence-corrected chi connectivity index (χ1v) is 9.10. The van der Waals surface area contributed by atoms with Crippen LogP contribution in [-0.2, 0) is 9.59 Å². The Morgan fingerprint density at radius 1 is 1.12 bits per heavy atom. The van der Waals surface area contributed by atoms with Gasteiger partial charge >= 0.3 is 0 Å². The van der Waals surface area contributed by atoms with Crippen molar-refractivity contribution in [2.24, 2.45) is 0 Å². The van der Waals surface area contributed by atoms with E-state index in [1.165, 1.54) is 0 Å². The molecule has 1 aliphatic rings. The largest absolute Gasteiger partial charge is 0.495 e. The van der Waals surface area contributed by atoms with Gasteiger partial charge in [-0.05, 0) is 32.9 Å². The van der Waals surface area contributed by atoms with Gasteiger partial charge in [-0.2, -0.15) is 0 Å². The van der Waals surface area contributed by atoms with Gasteiger partial charge in [0.1, 0.15) is 5.75 Å². The van der Waals surface area contributed by atoms with Crippen molar-refractivity contribution < 1.29 is 14.3 Å². The Morgan fingerprint density at radius 3 is 2.38 bits per heavy atom. The minimum atomic E-state index is -0.244. The smallest absolute Gasteiger partial charge is 0.241 e. The zero-order chi connectivity index (χ0) is 19.1. The van der Waals surface area contributed by atoms with Crippen molar-refractivity contribution in [3.8, 4) is 5.75 Å². The second-order valence-corrected chi connectivity index (χ2v) is 6.90. The van der Waals surface area contributed by atoms with Crippen molar-refractivity contribution >= 4 is 17.5 Å². The summed E-state index contributed by atoms with van der Waals surface area (Å²) in [4.78, 5) is 28.7. The molecule has 0 radical (unpaired) electrons. The molecular weight excluding hydrogens is 332 g/mol. The summed E-state index contributed by atoms with van der Waals surface area (Å²) >= 11 is 0. The van der Waals surface area contributed by atoms with Crippen molar-refractivity contribution in [3.63, 3.8) is 0 Å². The molecule has 7 nitrogen and oxygen atoms in total. The van der Waals surface area contributed by atoms with Gasteiger partial charge in [-0.3, -0.25) is 19.4 Å². The van der Waals surface area contributed by atoms with Crippen molar-refractivity contribution in [1.82, 2.24) is 15.1 Å². The number of amides is 2. The quantitative estimate of drug-likeness (QED) is 0.762. The van der Waals surface area contributed by atoms with E-state index in [0.717, 1.165) is 26.2 Å². The fourth-order valence-corrected chi connectivity index (χ4v) is 3.03. The molecule has 1 aliphatic heterocycles. The molecule has 1 saturated heterocycles. The monoisotopic (exact) mass is 362 g/mol. The van der Waals surface area contributed by atoms with E-state index < -0.39 is 0 Å². The summed E-state index contributed by atoms with van der Waals surface area (Å²) in [5.74, 6) is 0.643. The lowest BCUT2D eigenvalue weighted by molar-refractivity contribution is -0.125. The molecule has 2 amide bonds. The minimum Gasteiger partial charge on any atom is -0.495 e. The summed E-state index contributed by atoms with van der Waals surface area (Å²) < 4.78 is 5.28. The number of rotatable bonds is 7. The normalized spacial score (nSPS) is 17.0. The lowest BCUT2D eigenvalue weighted by Crippen LogP contribution is -2.54. The fourth-order valence-electron chi connectivity index (χ4n) is 3.03. The van der Waals surface area contributed by atoms with E-state index in [1.807, 2.05) is 45.0 Å². The average Bonchev–Trinajstić information content (AvgIpc) is 2.61. The molecule has 26 heavy (non-hydrogen) atoms. The number of carbonyl (C=O) groups is 2. The number of methoxy groups -OCH3 is 1. The van der Waals surface area contributed by atoms with Crippen molar-refractivity contribution in [2.75, 3.05) is 45.2 Å². The van der Waals surface area contributed by atoms with Crippen molar-refractivity contribution in [1.29, 1.82) is 0 Å². The maximum absolute atomic E-state index is 12.6. The van der Waals surface area contributed by atoms with E-state index in [9.17, 15) is 9.59 Å². The van der Waals surface area contributed by atoms with Gasteiger partial charge < -0.3 is 15.4 Å². The molecule has 1 heterocycles. The minimum absolute atomic E-state index is 0.0513. The Bertz CT molecular complexity index is 613. The Labute approximate surface area is 155 Å². The van der Waals surface area contributed by atoms with Crippen LogP contribution < -0.4 is 15.4 Å². The van der Waals surface area contributed by atoms with Gasteiger partial charge in [0.25, 0.3) is 0 Å². The average molecular weight is 362 g/mol. The fraction of sp³-hybridized carbons (Fsp3) is 0.579. The number of ether oxygens (including phenoxy) is 1. The van der Waals surface area contributed by atoms with Crippen LogP contribution in [0, 0.1) is 0 Å². The van der Waals surface area contributed by atoms with E-state index in [4.69, 9.17) is 4.74 Å². The third-order valence-corrected chi connectivity index (χ3v) is 4.52. The SMILES string of the molecule is COc1ccccc1NC(=O)[C@@H](C)N1CCN(CC(=O)NC(C)C)CC1. The first-order chi connectivity index (χ1) is 12.4. The zero-order valence-electron chi connectivity index (χ0n) is 16.1. The van der Waals surface area contributed by atoms with Gasteiger partial charge in [-0.25, -0.2) is 0 Å². The molecule has 0 spiro atoms. The lowest BCUT2D eigenvalue weighted by atomic mass is 10.2.